The van der Waals surface area contributed by atoms with Gasteiger partial charge in [-0.2, -0.15) is 8.78 Å². The Kier molecular flexibility index (Phi) is 6.05. The molecule has 0 atom stereocenters. The van der Waals surface area contributed by atoms with E-state index in [4.69, 9.17) is 0 Å². The van der Waals surface area contributed by atoms with Gasteiger partial charge in [-0.25, -0.2) is 13.8 Å². The number of carbonyl (C=O) groups is 1. The molecule has 0 fully saturated rings. The van der Waals surface area contributed by atoms with Crippen LogP contribution in [-0.2, 0) is 4.79 Å². The van der Waals surface area contributed by atoms with Crippen LogP contribution in [0.5, 0.6) is 5.75 Å². The largest absolute Gasteiger partial charge is 0.435 e. The van der Waals surface area contributed by atoms with Crippen LogP contribution >= 0.6 is 11.3 Å². The zero-order valence-electron chi connectivity index (χ0n) is 14.0. The molecule has 1 N–H and O–H groups in total. The highest BCUT2D eigenvalue weighted by Crippen LogP contribution is 2.27. The van der Waals surface area contributed by atoms with Gasteiger partial charge in [0.2, 0.25) is 5.91 Å². The molecule has 2 aromatic carbocycles. The fraction of sp³-hybridized carbons (Fsp3) is 0.0526. The number of thiazole rings is 1. The van der Waals surface area contributed by atoms with Crippen LogP contribution in [0, 0.1) is 11.6 Å². The number of nitrogens with one attached hydrogen (secondary N) is 1. The lowest BCUT2D eigenvalue weighted by atomic mass is 10.1. The number of aromatic nitrogens is 1. The summed E-state index contributed by atoms with van der Waals surface area (Å²) in [7, 11) is 0. The number of ether oxygens (including phenoxy) is 1. The van der Waals surface area contributed by atoms with Gasteiger partial charge in [0.15, 0.2) is 5.13 Å². The first kappa shape index (κ1) is 19.6. The van der Waals surface area contributed by atoms with Crippen LogP contribution in [0.2, 0.25) is 0 Å². The van der Waals surface area contributed by atoms with Gasteiger partial charge < -0.3 is 4.74 Å². The van der Waals surface area contributed by atoms with Crippen LogP contribution in [0.15, 0.2) is 53.9 Å². The van der Waals surface area contributed by atoms with E-state index in [2.05, 4.69) is 15.0 Å². The van der Waals surface area contributed by atoms with E-state index in [0.717, 1.165) is 29.5 Å². The number of anilines is 1. The Labute approximate surface area is 161 Å². The minimum atomic E-state index is -2.91. The smallest absolute Gasteiger partial charge is 0.387 e. The molecular formula is C19H12F4N2O2S. The summed E-state index contributed by atoms with van der Waals surface area (Å²) in [4.78, 5) is 16.1. The lowest BCUT2D eigenvalue weighted by Gasteiger charge is -2.03. The topological polar surface area (TPSA) is 51.2 Å². The molecule has 9 heteroatoms. The first-order valence-electron chi connectivity index (χ1n) is 7.85. The van der Waals surface area contributed by atoms with E-state index in [0.29, 0.717) is 5.56 Å². The Morgan fingerprint density at radius 3 is 2.61 bits per heavy atom. The zero-order chi connectivity index (χ0) is 20.1. The Bertz CT molecular complexity index is 1000. The third kappa shape index (κ3) is 5.17. The van der Waals surface area contributed by atoms with Gasteiger partial charge in [0.05, 0.1) is 5.69 Å². The fourth-order valence-corrected chi connectivity index (χ4v) is 2.94. The van der Waals surface area contributed by atoms with Crippen LogP contribution in [0.1, 0.15) is 5.56 Å². The Morgan fingerprint density at radius 1 is 1.14 bits per heavy atom. The van der Waals surface area contributed by atoms with Crippen LogP contribution < -0.4 is 10.1 Å². The van der Waals surface area contributed by atoms with Crippen LogP contribution in [0.25, 0.3) is 17.3 Å². The molecule has 1 amide bonds. The van der Waals surface area contributed by atoms with Crippen LogP contribution in [0.4, 0.5) is 22.7 Å². The predicted octanol–water partition coefficient (Wildman–Crippen LogP) is 5.34. The van der Waals surface area contributed by atoms with Crippen molar-refractivity contribution < 1.29 is 27.1 Å². The number of halogens is 4. The maximum Gasteiger partial charge on any atom is 0.387 e. The van der Waals surface area contributed by atoms with Crippen molar-refractivity contribution in [2.45, 2.75) is 6.61 Å². The molecule has 0 unspecified atom stereocenters. The molecule has 1 heterocycles. The third-order valence-electron chi connectivity index (χ3n) is 3.47. The van der Waals surface area contributed by atoms with Crippen molar-refractivity contribution >= 4 is 28.5 Å². The van der Waals surface area contributed by atoms with E-state index in [1.807, 2.05) is 0 Å². The maximum absolute atomic E-state index is 13.8. The minimum Gasteiger partial charge on any atom is -0.435 e. The summed E-state index contributed by atoms with van der Waals surface area (Å²) in [6.07, 6.45) is 2.70. The highest BCUT2D eigenvalue weighted by atomic mass is 32.1. The zero-order valence-corrected chi connectivity index (χ0v) is 14.9. The van der Waals surface area contributed by atoms with E-state index >= 15 is 0 Å². The van der Waals surface area contributed by atoms with E-state index in [1.54, 1.807) is 0 Å². The van der Waals surface area contributed by atoms with Gasteiger partial charge in [0.1, 0.15) is 17.4 Å². The van der Waals surface area contributed by atoms with Gasteiger partial charge in [-0.15, -0.1) is 11.3 Å². The molecular weight excluding hydrogens is 396 g/mol. The molecule has 0 aliphatic rings. The number of hydrogen-bond acceptors (Lipinski definition) is 4. The van der Waals surface area contributed by atoms with Crippen molar-refractivity contribution in [3.8, 4) is 17.0 Å². The van der Waals surface area contributed by atoms with Gasteiger partial charge in [-0.3, -0.25) is 10.1 Å². The molecule has 144 valence electrons. The fourth-order valence-electron chi connectivity index (χ4n) is 2.23. The van der Waals surface area contributed by atoms with Crippen molar-refractivity contribution in [2.75, 3.05) is 5.32 Å². The Hall–Kier alpha value is -3.20. The van der Waals surface area contributed by atoms with Crippen molar-refractivity contribution in [1.29, 1.82) is 0 Å². The standard InChI is InChI=1S/C19H12F4N2O2S/c20-12-4-7-15(21)14(9-12)16-10-28-19(24-16)25-17(26)8-3-11-1-5-13(6-2-11)27-18(22)23/h1-10,18H,(H,24,25,26). The molecule has 4 nitrogen and oxygen atoms in total. The summed E-state index contributed by atoms with van der Waals surface area (Å²) in [5.41, 5.74) is 0.799. The van der Waals surface area contributed by atoms with Gasteiger partial charge in [0, 0.05) is 17.0 Å². The Morgan fingerprint density at radius 2 is 1.89 bits per heavy atom. The summed E-state index contributed by atoms with van der Waals surface area (Å²) in [5.74, 6) is -1.70. The second-order valence-corrected chi connectivity index (χ2v) is 6.29. The molecule has 0 saturated heterocycles. The summed E-state index contributed by atoms with van der Waals surface area (Å²) in [6, 6.07) is 8.75. The highest BCUT2D eigenvalue weighted by molar-refractivity contribution is 7.14. The number of nitrogens with zero attached hydrogens (tertiary/aromatic N) is 1. The minimum absolute atomic E-state index is 0.00148. The number of carbonyl (C=O) groups excluding carboxylic acids is 1. The Balaban J connectivity index is 1.63. The van der Waals surface area contributed by atoms with Gasteiger partial charge in [0.25, 0.3) is 0 Å². The molecule has 0 saturated carbocycles. The van der Waals surface area contributed by atoms with Crippen molar-refractivity contribution in [1.82, 2.24) is 4.98 Å². The van der Waals surface area contributed by atoms with Crippen molar-refractivity contribution in [3.05, 3.63) is 71.1 Å². The summed E-state index contributed by atoms with van der Waals surface area (Å²) in [5, 5.41) is 4.23. The van der Waals surface area contributed by atoms with E-state index < -0.39 is 24.2 Å². The first-order chi connectivity index (χ1) is 13.4. The van der Waals surface area contributed by atoms with E-state index in [9.17, 15) is 22.4 Å². The summed E-state index contributed by atoms with van der Waals surface area (Å²) in [6.45, 7) is -2.91. The molecule has 0 aliphatic carbocycles. The molecule has 28 heavy (non-hydrogen) atoms. The maximum atomic E-state index is 13.8. The number of alkyl halides is 2. The van der Waals surface area contributed by atoms with E-state index in [-0.39, 0.29) is 22.1 Å². The SMILES string of the molecule is O=C(C=Cc1ccc(OC(F)F)cc1)Nc1nc(-c2cc(F)ccc2F)cs1. The predicted molar refractivity (Wildman–Crippen MR) is 98.2 cm³/mol. The lowest BCUT2D eigenvalue weighted by molar-refractivity contribution is -0.111. The number of rotatable bonds is 6. The number of benzene rings is 2. The lowest BCUT2D eigenvalue weighted by Crippen LogP contribution is -2.07. The molecule has 0 spiro atoms. The first-order valence-corrected chi connectivity index (χ1v) is 8.73. The number of hydrogen-bond donors (Lipinski definition) is 1. The average molecular weight is 408 g/mol. The second-order valence-electron chi connectivity index (χ2n) is 5.43. The molecule has 1 aromatic heterocycles. The second kappa shape index (κ2) is 8.66. The number of amides is 1. The van der Waals surface area contributed by atoms with Gasteiger partial charge in [-0.1, -0.05) is 12.1 Å². The third-order valence-corrected chi connectivity index (χ3v) is 4.23. The average Bonchev–Trinajstić information content (AvgIpc) is 3.11. The monoisotopic (exact) mass is 408 g/mol. The molecule has 0 radical (unpaired) electrons. The van der Waals surface area contributed by atoms with Crippen LogP contribution in [0.3, 0.4) is 0 Å². The quantitative estimate of drug-likeness (QED) is 0.442. The van der Waals surface area contributed by atoms with Gasteiger partial charge >= 0.3 is 6.61 Å². The molecule has 3 aromatic rings. The van der Waals surface area contributed by atoms with Crippen molar-refractivity contribution in [3.63, 3.8) is 0 Å². The molecule has 3 rings (SSSR count). The highest BCUT2D eigenvalue weighted by Gasteiger charge is 2.11. The summed E-state index contributed by atoms with van der Waals surface area (Å²) < 4.78 is 55.5. The van der Waals surface area contributed by atoms with Crippen LogP contribution in [-0.4, -0.2) is 17.5 Å². The van der Waals surface area contributed by atoms with E-state index in [1.165, 1.54) is 41.8 Å². The normalized spacial score (nSPS) is 11.2. The van der Waals surface area contributed by atoms with Gasteiger partial charge in [-0.05, 0) is 42.0 Å². The molecule has 0 aliphatic heterocycles. The summed E-state index contributed by atoms with van der Waals surface area (Å²) >= 11 is 1.06. The molecule has 0 bridgehead atoms. The van der Waals surface area contributed by atoms with Crippen molar-refractivity contribution in [2.24, 2.45) is 0 Å².